The minimum absolute atomic E-state index is 0.0276. The first-order valence-electron chi connectivity index (χ1n) is 10.1. The van der Waals surface area contributed by atoms with E-state index in [2.05, 4.69) is 20.6 Å². The summed E-state index contributed by atoms with van der Waals surface area (Å²) in [7, 11) is 0. The quantitative estimate of drug-likeness (QED) is 0.361. The van der Waals surface area contributed by atoms with Gasteiger partial charge in [0.05, 0.1) is 16.6 Å². The molecule has 0 saturated heterocycles. The van der Waals surface area contributed by atoms with E-state index >= 15 is 0 Å². The molecule has 0 aliphatic carbocycles. The number of rotatable bonds is 5. The number of nitrogens with one attached hydrogen (secondary N) is 2. The number of fused-ring (bicyclic) bond motifs is 1. The Morgan fingerprint density at radius 3 is 2.38 bits per heavy atom. The average molecular weight is 468 g/mol. The molecule has 0 aliphatic rings. The molecule has 4 aromatic rings. The van der Waals surface area contributed by atoms with Gasteiger partial charge >= 0.3 is 6.03 Å². The van der Waals surface area contributed by atoms with Crippen LogP contribution in [0.1, 0.15) is 35.8 Å². The van der Waals surface area contributed by atoms with Crippen molar-refractivity contribution in [2.75, 3.05) is 16.4 Å². The Kier molecular flexibility index (Phi) is 5.93. The highest BCUT2D eigenvalue weighted by Crippen LogP contribution is 2.29. The third-order valence-corrected chi connectivity index (χ3v) is 5.04. The smallest absolute Gasteiger partial charge is 0.323 e. The van der Waals surface area contributed by atoms with Crippen molar-refractivity contribution in [3.63, 3.8) is 0 Å². The van der Waals surface area contributed by atoms with Crippen molar-refractivity contribution in [3.8, 4) is 0 Å². The van der Waals surface area contributed by atoms with Gasteiger partial charge in [-0.25, -0.2) is 27.9 Å². The van der Waals surface area contributed by atoms with E-state index in [1.807, 2.05) is 13.8 Å². The normalized spacial score (nSPS) is 11.1. The number of anilines is 3. The average Bonchev–Trinajstić information content (AvgIpc) is 3.15. The van der Waals surface area contributed by atoms with Gasteiger partial charge in [0.2, 0.25) is 0 Å². The Hall–Kier alpha value is -4.41. The van der Waals surface area contributed by atoms with Gasteiger partial charge in [-0.2, -0.15) is 0 Å². The lowest BCUT2D eigenvalue weighted by Crippen LogP contribution is -2.20. The highest BCUT2D eigenvalue weighted by atomic mass is 19.1. The Morgan fingerprint density at radius 1 is 1.00 bits per heavy atom. The van der Waals surface area contributed by atoms with Crippen LogP contribution in [0.3, 0.4) is 0 Å². The Labute approximate surface area is 191 Å². The minimum atomic E-state index is -0.956. The van der Waals surface area contributed by atoms with Crippen molar-refractivity contribution in [2.24, 2.45) is 0 Å². The SMILES string of the molecule is CC(C)n1cc(C(=O)c2ccc(F)c(NC(=O)Nc3cc(F)cc(F)c3)c2)c2c(N)ncnc21. The Bertz CT molecular complexity index is 1410. The van der Waals surface area contributed by atoms with Crippen LogP contribution in [-0.4, -0.2) is 26.3 Å². The molecule has 4 N–H and O–H groups in total. The predicted octanol–water partition coefficient (Wildman–Crippen LogP) is 4.89. The largest absolute Gasteiger partial charge is 0.383 e. The van der Waals surface area contributed by atoms with Crippen molar-refractivity contribution in [1.82, 2.24) is 14.5 Å². The van der Waals surface area contributed by atoms with E-state index in [9.17, 15) is 22.8 Å². The predicted molar refractivity (Wildman–Crippen MR) is 121 cm³/mol. The lowest BCUT2D eigenvalue weighted by atomic mass is 10.0. The molecule has 0 saturated carbocycles. The molecule has 2 heterocycles. The summed E-state index contributed by atoms with van der Waals surface area (Å²) in [5.74, 6) is -2.96. The maximum Gasteiger partial charge on any atom is 0.323 e. The number of hydrogen-bond acceptors (Lipinski definition) is 5. The van der Waals surface area contributed by atoms with Crippen LogP contribution in [0.4, 0.5) is 35.2 Å². The van der Waals surface area contributed by atoms with E-state index < -0.39 is 29.3 Å². The minimum Gasteiger partial charge on any atom is -0.383 e. The maximum absolute atomic E-state index is 14.4. The number of ketones is 1. The molecule has 0 radical (unpaired) electrons. The molecule has 2 aromatic heterocycles. The summed E-state index contributed by atoms with van der Waals surface area (Å²) >= 11 is 0. The molecule has 0 bridgehead atoms. The first-order chi connectivity index (χ1) is 16.1. The number of nitrogens with zero attached hydrogens (tertiary/aromatic N) is 3. The van der Waals surface area contributed by atoms with Gasteiger partial charge in [0.15, 0.2) is 5.78 Å². The standard InChI is InChI=1S/C23H19F3N6O2/c1-11(2)32-9-16(19-21(27)28-10-29-22(19)32)20(33)12-3-4-17(26)18(5-12)31-23(34)30-15-7-13(24)6-14(25)8-15/h3-11H,1-2H3,(H2,27,28,29)(H2,30,31,34). The second-order valence-electron chi connectivity index (χ2n) is 7.76. The number of benzene rings is 2. The summed E-state index contributed by atoms with van der Waals surface area (Å²) in [4.78, 5) is 33.7. The molecule has 0 aliphatic heterocycles. The van der Waals surface area contributed by atoms with Crippen LogP contribution in [0, 0.1) is 17.5 Å². The maximum atomic E-state index is 14.4. The molecule has 8 nitrogen and oxygen atoms in total. The number of halogens is 3. The number of nitrogens with two attached hydrogens (primary N) is 1. The van der Waals surface area contributed by atoms with Gasteiger partial charge in [-0.3, -0.25) is 4.79 Å². The lowest BCUT2D eigenvalue weighted by Gasteiger charge is -2.10. The van der Waals surface area contributed by atoms with Crippen LogP contribution in [0.5, 0.6) is 0 Å². The third kappa shape index (κ3) is 4.40. The van der Waals surface area contributed by atoms with Crippen molar-refractivity contribution in [3.05, 3.63) is 77.5 Å². The molecule has 34 heavy (non-hydrogen) atoms. The summed E-state index contributed by atoms with van der Waals surface area (Å²) in [6.45, 7) is 3.82. The first-order valence-corrected chi connectivity index (χ1v) is 10.1. The molecule has 174 valence electrons. The van der Waals surface area contributed by atoms with Gasteiger partial charge in [0, 0.05) is 29.6 Å². The van der Waals surface area contributed by atoms with Crippen molar-refractivity contribution in [2.45, 2.75) is 19.9 Å². The summed E-state index contributed by atoms with van der Waals surface area (Å²) in [5.41, 5.74) is 6.30. The van der Waals surface area contributed by atoms with Crippen LogP contribution >= 0.6 is 0 Å². The van der Waals surface area contributed by atoms with Crippen LogP contribution in [-0.2, 0) is 0 Å². The Morgan fingerprint density at radius 2 is 1.71 bits per heavy atom. The molecule has 4 rings (SSSR count). The zero-order valence-corrected chi connectivity index (χ0v) is 18.1. The second kappa shape index (κ2) is 8.85. The van der Waals surface area contributed by atoms with Crippen LogP contribution in [0.2, 0.25) is 0 Å². The van der Waals surface area contributed by atoms with Gasteiger partial charge in [-0.1, -0.05) is 0 Å². The fraction of sp³-hybridized carbons (Fsp3) is 0.130. The second-order valence-corrected chi connectivity index (χ2v) is 7.76. The molecule has 0 spiro atoms. The van der Waals surface area contributed by atoms with Gasteiger partial charge in [-0.15, -0.1) is 0 Å². The van der Waals surface area contributed by atoms with E-state index in [4.69, 9.17) is 5.73 Å². The topological polar surface area (TPSA) is 115 Å². The fourth-order valence-corrected chi connectivity index (χ4v) is 3.50. The molecule has 2 amide bonds. The highest BCUT2D eigenvalue weighted by Gasteiger charge is 2.22. The van der Waals surface area contributed by atoms with E-state index in [1.54, 1.807) is 10.8 Å². The Balaban J connectivity index is 1.65. The van der Waals surface area contributed by atoms with Gasteiger partial charge < -0.3 is 20.9 Å². The number of aromatic nitrogens is 3. The molecule has 0 fully saturated rings. The highest BCUT2D eigenvalue weighted by molar-refractivity contribution is 6.18. The van der Waals surface area contributed by atoms with Crippen molar-refractivity contribution in [1.29, 1.82) is 0 Å². The third-order valence-electron chi connectivity index (χ3n) is 5.04. The molecular weight excluding hydrogens is 449 g/mol. The molecule has 0 unspecified atom stereocenters. The van der Waals surface area contributed by atoms with Crippen molar-refractivity contribution >= 4 is 40.0 Å². The zero-order chi connectivity index (χ0) is 24.6. The summed E-state index contributed by atoms with van der Waals surface area (Å²) < 4.78 is 42.8. The van der Waals surface area contributed by atoms with Crippen LogP contribution in [0.15, 0.2) is 48.9 Å². The number of nitrogen functional groups attached to an aromatic ring is 1. The summed E-state index contributed by atoms with van der Waals surface area (Å²) in [5, 5.41) is 4.82. The number of carbonyl (C=O) groups excluding carboxylic acids is 2. The van der Waals surface area contributed by atoms with Crippen LogP contribution in [0.25, 0.3) is 11.0 Å². The first kappa shape index (κ1) is 22.8. The molecule has 11 heteroatoms. The lowest BCUT2D eigenvalue weighted by molar-refractivity contribution is 0.104. The van der Waals surface area contributed by atoms with E-state index in [1.165, 1.54) is 12.4 Å². The zero-order valence-electron chi connectivity index (χ0n) is 18.1. The van der Waals surface area contributed by atoms with Gasteiger partial charge in [0.25, 0.3) is 0 Å². The fourth-order valence-electron chi connectivity index (χ4n) is 3.50. The van der Waals surface area contributed by atoms with E-state index in [0.717, 1.165) is 24.3 Å². The summed E-state index contributed by atoms with van der Waals surface area (Å²) in [6.07, 6.45) is 2.90. The molecule has 2 aromatic carbocycles. The summed E-state index contributed by atoms with van der Waals surface area (Å²) in [6, 6.07) is 4.90. The number of carbonyl (C=O) groups is 2. The van der Waals surface area contributed by atoms with Gasteiger partial charge in [-0.05, 0) is 44.2 Å². The van der Waals surface area contributed by atoms with E-state index in [-0.39, 0.29) is 34.4 Å². The monoisotopic (exact) mass is 468 g/mol. The van der Waals surface area contributed by atoms with Gasteiger partial charge in [0.1, 0.15) is 35.2 Å². The number of hydrogen-bond donors (Lipinski definition) is 3. The van der Waals surface area contributed by atoms with Crippen molar-refractivity contribution < 1.29 is 22.8 Å². The molecular formula is C23H19F3N6O2. The number of urea groups is 1. The van der Waals surface area contributed by atoms with Crippen LogP contribution < -0.4 is 16.4 Å². The van der Waals surface area contributed by atoms with E-state index in [0.29, 0.717) is 17.1 Å². The molecule has 0 atom stereocenters. The number of amides is 2.